The molecule has 2 rings (SSSR count). The number of benzene rings is 1. The lowest BCUT2D eigenvalue weighted by Gasteiger charge is -2.06. The lowest BCUT2D eigenvalue weighted by atomic mass is 10.3. The van der Waals surface area contributed by atoms with Crippen LogP contribution in [0.25, 0.3) is 0 Å². The molecule has 18 heavy (non-hydrogen) atoms. The van der Waals surface area contributed by atoms with Crippen molar-refractivity contribution in [2.45, 2.75) is 0 Å². The molecule has 0 amide bonds. The van der Waals surface area contributed by atoms with Crippen LogP contribution in [0.15, 0.2) is 36.7 Å². The van der Waals surface area contributed by atoms with E-state index in [4.69, 9.17) is 9.84 Å². The first-order valence-corrected chi connectivity index (χ1v) is 5.15. The largest absolute Gasteiger partial charge is 0.497 e. The van der Waals surface area contributed by atoms with Gasteiger partial charge in [0, 0.05) is 5.69 Å². The van der Waals surface area contributed by atoms with E-state index in [1.54, 1.807) is 31.4 Å². The topological polar surface area (TPSA) is 84.3 Å². The molecule has 1 aromatic carbocycles. The van der Waals surface area contributed by atoms with Crippen molar-refractivity contribution in [2.24, 2.45) is 0 Å². The molecule has 1 heterocycles. The Labute approximate surface area is 103 Å². The van der Waals surface area contributed by atoms with Gasteiger partial charge >= 0.3 is 5.97 Å². The number of carboxylic acid groups (broad SMARTS) is 1. The number of hydrogen-bond donors (Lipinski definition) is 2. The third kappa shape index (κ3) is 2.73. The van der Waals surface area contributed by atoms with Gasteiger partial charge in [-0.1, -0.05) is 0 Å². The van der Waals surface area contributed by atoms with Gasteiger partial charge in [-0.05, 0) is 24.3 Å². The van der Waals surface area contributed by atoms with Gasteiger partial charge in [0.1, 0.15) is 11.6 Å². The molecule has 0 aliphatic rings. The average Bonchev–Trinajstić information content (AvgIpc) is 2.40. The van der Waals surface area contributed by atoms with Gasteiger partial charge in [0.15, 0.2) is 5.69 Å². The summed E-state index contributed by atoms with van der Waals surface area (Å²) in [7, 11) is 1.59. The third-order valence-electron chi connectivity index (χ3n) is 2.22. The van der Waals surface area contributed by atoms with E-state index in [-0.39, 0.29) is 5.69 Å². The number of nitrogens with zero attached hydrogens (tertiary/aromatic N) is 2. The van der Waals surface area contributed by atoms with E-state index in [1.165, 1.54) is 12.4 Å². The number of nitrogens with one attached hydrogen (secondary N) is 1. The molecule has 0 radical (unpaired) electrons. The second-order valence-corrected chi connectivity index (χ2v) is 3.45. The van der Waals surface area contributed by atoms with Crippen LogP contribution in [0.2, 0.25) is 0 Å². The summed E-state index contributed by atoms with van der Waals surface area (Å²) in [5.41, 5.74) is 0.668. The van der Waals surface area contributed by atoms with Gasteiger partial charge in [0.2, 0.25) is 0 Å². The molecule has 0 fully saturated rings. The molecule has 0 aliphatic heterocycles. The molecule has 2 N–H and O–H groups in total. The Morgan fingerprint density at radius 3 is 2.61 bits per heavy atom. The standard InChI is InChI=1S/C12H11N3O3/c1-18-9-4-2-8(3-5-9)14-11-7-13-6-10(15-11)12(16)17/h2-7H,1H3,(H,14,15)(H,16,17). The van der Waals surface area contributed by atoms with Gasteiger partial charge in [-0.25, -0.2) is 9.78 Å². The highest BCUT2D eigenvalue weighted by atomic mass is 16.5. The first-order valence-electron chi connectivity index (χ1n) is 5.15. The summed E-state index contributed by atoms with van der Waals surface area (Å²) in [6.07, 6.45) is 2.65. The van der Waals surface area contributed by atoms with E-state index in [1.807, 2.05) is 0 Å². The van der Waals surface area contributed by atoms with Crippen molar-refractivity contribution in [3.05, 3.63) is 42.4 Å². The van der Waals surface area contributed by atoms with Gasteiger partial charge in [-0.15, -0.1) is 0 Å². The third-order valence-corrected chi connectivity index (χ3v) is 2.22. The van der Waals surface area contributed by atoms with Crippen LogP contribution in [-0.4, -0.2) is 28.2 Å². The Morgan fingerprint density at radius 2 is 2.00 bits per heavy atom. The quantitative estimate of drug-likeness (QED) is 0.856. The van der Waals surface area contributed by atoms with E-state index in [0.29, 0.717) is 5.82 Å². The Kier molecular flexibility index (Phi) is 3.38. The predicted molar refractivity (Wildman–Crippen MR) is 65.3 cm³/mol. The summed E-state index contributed by atoms with van der Waals surface area (Å²) in [5, 5.41) is 11.8. The molecule has 6 nitrogen and oxygen atoms in total. The molecular weight excluding hydrogens is 234 g/mol. The van der Waals surface area contributed by atoms with Crippen LogP contribution in [0.1, 0.15) is 10.5 Å². The summed E-state index contributed by atoms with van der Waals surface area (Å²) in [6, 6.07) is 7.18. The number of ether oxygens (including phenoxy) is 1. The second kappa shape index (κ2) is 5.13. The van der Waals surface area contributed by atoms with Gasteiger partial charge in [-0.3, -0.25) is 4.98 Å². The Hall–Kier alpha value is -2.63. The van der Waals surface area contributed by atoms with Gasteiger partial charge in [0.25, 0.3) is 0 Å². The van der Waals surface area contributed by atoms with Crippen LogP contribution in [0.3, 0.4) is 0 Å². The number of aromatic carboxylic acids is 1. The highest BCUT2D eigenvalue weighted by Gasteiger charge is 2.06. The first-order chi connectivity index (χ1) is 8.69. The SMILES string of the molecule is COc1ccc(Nc2cncc(C(=O)O)n2)cc1. The molecular formula is C12H11N3O3. The fourth-order valence-electron chi connectivity index (χ4n) is 1.35. The number of hydrogen-bond acceptors (Lipinski definition) is 5. The van der Waals surface area contributed by atoms with Crippen molar-refractivity contribution in [1.29, 1.82) is 0 Å². The van der Waals surface area contributed by atoms with Crippen molar-refractivity contribution in [1.82, 2.24) is 9.97 Å². The summed E-state index contributed by atoms with van der Waals surface area (Å²) in [6.45, 7) is 0. The molecule has 6 heteroatoms. The summed E-state index contributed by atoms with van der Waals surface area (Å²) in [4.78, 5) is 18.5. The second-order valence-electron chi connectivity index (χ2n) is 3.45. The number of carbonyl (C=O) groups is 1. The van der Waals surface area contributed by atoms with Gasteiger partial charge in [0.05, 0.1) is 19.5 Å². The number of rotatable bonds is 4. The summed E-state index contributed by atoms with van der Waals surface area (Å²) in [5.74, 6) is 0.00636. The molecule has 0 atom stereocenters. The maximum Gasteiger partial charge on any atom is 0.356 e. The Balaban J connectivity index is 2.17. The smallest absolute Gasteiger partial charge is 0.356 e. The van der Waals surface area contributed by atoms with Crippen molar-refractivity contribution < 1.29 is 14.6 Å². The number of methoxy groups -OCH3 is 1. The van der Waals surface area contributed by atoms with Gasteiger partial charge in [-0.2, -0.15) is 0 Å². The normalized spacial score (nSPS) is 9.83. The minimum absolute atomic E-state index is 0.103. The lowest BCUT2D eigenvalue weighted by molar-refractivity contribution is 0.0690. The number of anilines is 2. The van der Waals surface area contributed by atoms with Gasteiger partial charge < -0.3 is 15.2 Å². The molecule has 0 saturated heterocycles. The lowest BCUT2D eigenvalue weighted by Crippen LogP contribution is -2.03. The zero-order valence-corrected chi connectivity index (χ0v) is 9.62. The molecule has 92 valence electrons. The molecule has 0 aliphatic carbocycles. The van der Waals surface area contributed by atoms with Crippen LogP contribution in [0.5, 0.6) is 5.75 Å². The molecule has 0 spiro atoms. The van der Waals surface area contributed by atoms with E-state index < -0.39 is 5.97 Å². The van der Waals surface area contributed by atoms with E-state index in [2.05, 4.69) is 15.3 Å². The Morgan fingerprint density at radius 1 is 1.28 bits per heavy atom. The van der Waals surface area contributed by atoms with Crippen LogP contribution in [-0.2, 0) is 0 Å². The number of aromatic nitrogens is 2. The van der Waals surface area contributed by atoms with Crippen LogP contribution < -0.4 is 10.1 Å². The van der Waals surface area contributed by atoms with Crippen LogP contribution >= 0.6 is 0 Å². The molecule has 0 bridgehead atoms. The van der Waals surface area contributed by atoms with E-state index >= 15 is 0 Å². The summed E-state index contributed by atoms with van der Waals surface area (Å²) < 4.78 is 5.04. The zero-order chi connectivity index (χ0) is 13.0. The van der Waals surface area contributed by atoms with Crippen LogP contribution in [0, 0.1) is 0 Å². The molecule has 2 aromatic rings. The number of carboxylic acids is 1. The fraction of sp³-hybridized carbons (Fsp3) is 0.0833. The summed E-state index contributed by atoms with van der Waals surface area (Å²) >= 11 is 0. The Bertz CT molecular complexity index is 555. The minimum atomic E-state index is -1.11. The maximum absolute atomic E-state index is 10.7. The minimum Gasteiger partial charge on any atom is -0.497 e. The van der Waals surface area contributed by atoms with Crippen molar-refractivity contribution in [3.63, 3.8) is 0 Å². The first kappa shape index (κ1) is 11.8. The van der Waals surface area contributed by atoms with Crippen molar-refractivity contribution in [3.8, 4) is 5.75 Å². The molecule has 0 saturated carbocycles. The van der Waals surface area contributed by atoms with Crippen molar-refractivity contribution in [2.75, 3.05) is 12.4 Å². The average molecular weight is 245 g/mol. The zero-order valence-electron chi connectivity index (χ0n) is 9.62. The highest BCUT2D eigenvalue weighted by molar-refractivity contribution is 5.85. The van der Waals surface area contributed by atoms with Crippen LogP contribution in [0.4, 0.5) is 11.5 Å². The molecule has 0 unspecified atom stereocenters. The predicted octanol–water partition coefficient (Wildman–Crippen LogP) is 1.93. The van der Waals surface area contributed by atoms with Crippen molar-refractivity contribution >= 4 is 17.5 Å². The highest BCUT2D eigenvalue weighted by Crippen LogP contribution is 2.18. The fourth-order valence-corrected chi connectivity index (χ4v) is 1.35. The monoisotopic (exact) mass is 245 g/mol. The maximum atomic E-state index is 10.7. The van der Waals surface area contributed by atoms with E-state index in [0.717, 1.165) is 11.4 Å². The molecule has 1 aromatic heterocycles. The van der Waals surface area contributed by atoms with E-state index in [9.17, 15) is 4.79 Å².